The third kappa shape index (κ3) is 4.06. The summed E-state index contributed by atoms with van der Waals surface area (Å²) in [6.07, 6.45) is 9.04. The fourth-order valence-corrected chi connectivity index (χ4v) is 4.59. The van der Waals surface area contributed by atoms with Crippen LogP contribution >= 0.6 is 0 Å². The molecule has 1 aromatic heterocycles. The highest BCUT2D eigenvalue weighted by Gasteiger charge is 2.33. The van der Waals surface area contributed by atoms with E-state index in [9.17, 15) is 9.90 Å². The zero-order valence-corrected chi connectivity index (χ0v) is 15.5. The number of rotatable bonds is 6. The Labute approximate surface area is 159 Å². The van der Waals surface area contributed by atoms with Crippen LogP contribution in [0.1, 0.15) is 52.7 Å². The van der Waals surface area contributed by atoms with Gasteiger partial charge in [0.1, 0.15) is 0 Å². The number of aromatic carboxylic acids is 1. The van der Waals surface area contributed by atoms with E-state index in [0.29, 0.717) is 18.9 Å². The van der Waals surface area contributed by atoms with Crippen LogP contribution in [-0.2, 0) is 25.9 Å². The monoisotopic (exact) mass is 369 g/mol. The van der Waals surface area contributed by atoms with E-state index >= 15 is 0 Å². The van der Waals surface area contributed by atoms with Gasteiger partial charge in [-0.1, -0.05) is 18.2 Å². The molecule has 3 N–H and O–H groups in total. The summed E-state index contributed by atoms with van der Waals surface area (Å²) in [7, 11) is 0. The zero-order chi connectivity index (χ0) is 18.8. The molecule has 0 radical (unpaired) electrons. The number of aliphatic hydroxyl groups is 1. The molecule has 1 saturated carbocycles. The first-order valence-corrected chi connectivity index (χ1v) is 9.87. The van der Waals surface area contributed by atoms with E-state index in [0.717, 1.165) is 19.4 Å². The van der Waals surface area contributed by atoms with Crippen LogP contribution in [0.5, 0.6) is 0 Å². The minimum absolute atomic E-state index is 0.0731. The Balaban J connectivity index is 1.34. The maximum Gasteiger partial charge on any atom is 0.338 e. The predicted octanol–water partition coefficient (Wildman–Crippen LogP) is 2.39. The SMILES string of the molecule is O=C(O)c1cnn(CC2C[C@@H](O)[C@H](NCc3cccc4c3CCCC4)C2)c1. The lowest BCUT2D eigenvalue weighted by molar-refractivity contribution is 0.0696. The van der Waals surface area contributed by atoms with Crippen molar-refractivity contribution < 1.29 is 15.0 Å². The van der Waals surface area contributed by atoms with Crippen molar-refractivity contribution in [2.75, 3.05) is 0 Å². The average Bonchev–Trinajstić information content (AvgIpc) is 3.27. The third-order valence-electron chi connectivity index (χ3n) is 6.00. The van der Waals surface area contributed by atoms with E-state index in [1.165, 1.54) is 42.1 Å². The standard InChI is InChI=1S/C21H27N3O3/c25-20-9-14(12-24-13-17(11-23-24)21(26)27)8-19(20)22-10-16-6-3-5-15-4-1-2-7-18(15)16/h3,5-6,11,13-14,19-20,22,25H,1-2,4,7-10,12H2,(H,26,27)/t14?,19-,20-/m1/s1. The molecule has 27 heavy (non-hydrogen) atoms. The number of benzene rings is 1. The first-order valence-electron chi connectivity index (χ1n) is 9.87. The molecule has 6 heteroatoms. The van der Waals surface area contributed by atoms with Gasteiger partial charge in [0.15, 0.2) is 0 Å². The van der Waals surface area contributed by atoms with E-state index < -0.39 is 5.97 Å². The molecule has 0 amide bonds. The van der Waals surface area contributed by atoms with E-state index in [1.54, 1.807) is 10.9 Å². The second kappa shape index (κ2) is 7.82. The summed E-state index contributed by atoms with van der Waals surface area (Å²) in [5, 5.41) is 27.2. The summed E-state index contributed by atoms with van der Waals surface area (Å²) in [5.74, 6) is -0.665. The van der Waals surface area contributed by atoms with Crippen LogP contribution in [-0.4, -0.2) is 38.1 Å². The van der Waals surface area contributed by atoms with Crippen molar-refractivity contribution in [1.29, 1.82) is 0 Å². The first-order chi connectivity index (χ1) is 13.1. The molecule has 144 valence electrons. The van der Waals surface area contributed by atoms with Gasteiger partial charge in [0, 0.05) is 25.3 Å². The summed E-state index contributed by atoms with van der Waals surface area (Å²) in [6, 6.07) is 6.66. The Kier molecular flexibility index (Phi) is 5.27. The Morgan fingerprint density at radius 1 is 1.26 bits per heavy atom. The Hall–Kier alpha value is -2.18. The molecule has 2 aromatic rings. The van der Waals surface area contributed by atoms with Gasteiger partial charge in [0.2, 0.25) is 0 Å². The minimum atomic E-state index is -0.960. The second-order valence-corrected chi connectivity index (χ2v) is 7.91. The number of carbonyl (C=O) groups is 1. The van der Waals surface area contributed by atoms with Crippen LogP contribution in [0.4, 0.5) is 0 Å². The largest absolute Gasteiger partial charge is 0.478 e. The Morgan fingerprint density at radius 2 is 2.11 bits per heavy atom. The van der Waals surface area contributed by atoms with E-state index in [4.69, 9.17) is 5.11 Å². The lowest BCUT2D eigenvalue weighted by Crippen LogP contribution is -2.35. The quantitative estimate of drug-likeness (QED) is 0.728. The van der Waals surface area contributed by atoms with Crippen molar-refractivity contribution in [3.8, 4) is 0 Å². The van der Waals surface area contributed by atoms with Crippen molar-refractivity contribution in [3.63, 3.8) is 0 Å². The molecule has 1 unspecified atom stereocenters. The number of carboxylic acid groups (broad SMARTS) is 1. The summed E-state index contributed by atoms with van der Waals surface area (Å²) in [5.41, 5.74) is 4.55. The number of hydrogen-bond donors (Lipinski definition) is 3. The van der Waals surface area contributed by atoms with Crippen LogP contribution in [0.3, 0.4) is 0 Å². The lowest BCUT2D eigenvalue weighted by Gasteiger charge is -2.22. The molecule has 1 fully saturated rings. The molecule has 0 spiro atoms. The van der Waals surface area contributed by atoms with Gasteiger partial charge in [0.05, 0.1) is 17.9 Å². The van der Waals surface area contributed by atoms with Crippen molar-refractivity contribution in [2.24, 2.45) is 5.92 Å². The van der Waals surface area contributed by atoms with E-state index in [2.05, 4.69) is 28.6 Å². The maximum atomic E-state index is 11.0. The van der Waals surface area contributed by atoms with Gasteiger partial charge < -0.3 is 15.5 Å². The first kappa shape index (κ1) is 18.2. The number of hydrogen-bond acceptors (Lipinski definition) is 4. The highest BCUT2D eigenvalue weighted by Crippen LogP contribution is 2.29. The number of nitrogens with zero attached hydrogens (tertiary/aromatic N) is 2. The number of carboxylic acids is 1. The summed E-state index contributed by atoms with van der Waals surface area (Å²) in [4.78, 5) is 11.0. The zero-order valence-electron chi connectivity index (χ0n) is 15.5. The lowest BCUT2D eigenvalue weighted by atomic mass is 9.88. The van der Waals surface area contributed by atoms with Gasteiger partial charge >= 0.3 is 5.97 Å². The van der Waals surface area contributed by atoms with Gasteiger partial charge in [-0.3, -0.25) is 4.68 Å². The van der Waals surface area contributed by atoms with Gasteiger partial charge in [-0.2, -0.15) is 5.10 Å². The molecule has 2 aliphatic carbocycles. The number of nitrogens with one attached hydrogen (secondary N) is 1. The molecule has 6 nitrogen and oxygen atoms in total. The molecular formula is C21H27N3O3. The smallest absolute Gasteiger partial charge is 0.338 e. The van der Waals surface area contributed by atoms with Crippen molar-refractivity contribution in [2.45, 2.75) is 63.8 Å². The number of aryl methyl sites for hydroxylation is 1. The molecule has 1 heterocycles. The molecule has 3 atom stereocenters. The topological polar surface area (TPSA) is 87.4 Å². The van der Waals surface area contributed by atoms with E-state index in [-0.39, 0.29) is 17.7 Å². The molecule has 1 aromatic carbocycles. The second-order valence-electron chi connectivity index (χ2n) is 7.91. The molecular weight excluding hydrogens is 342 g/mol. The summed E-state index contributed by atoms with van der Waals surface area (Å²) >= 11 is 0. The van der Waals surface area contributed by atoms with Crippen LogP contribution in [0.25, 0.3) is 0 Å². The third-order valence-corrected chi connectivity index (χ3v) is 6.00. The predicted molar refractivity (Wildman–Crippen MR) is 102 cm³/mol. The average molecular weight is 369 g/mol. The van der Waals surface area contributed by atoms with Crippen LogP contribution in [0, 0.1) is 5.92 Å². The molecule has 2 aliphatic rings. The Bertz CT molecular complexity index is 817. The summed E-state index contributed by atoms with van der Waals surface area (Å²) < 4.78 is 1.68. The summed E-state index contributed by atoms with van der Waals surface area (Å²) in [6.45, 7) is 1.44. The minimum Gasteiger partial charge on any atom is -0.478 e. The van der Waals surface area contributed by atoms with Gasteiger partial charge in [-0.05, 0) is 61.1 Å². The van der Waals surface area contributed by atoms with Gasteiger partial charge in [-0.15, -0.1) is 0 Å². The van der Waals surface area contributed by atoms with Gasteiger partial charge in [0.25, 0.3) is 0 Å². The normalized spacial score (nSPS) is 24.7. The van der Waals surface area contributed by atoms with Gasteiger partial charge in [-0.25, -0.2) is 4.79 Å². The maximum absolute atomic E-state index is 11.0. The van der Waals surface area contributed by atoms with Crippen LogP contribution < -0.4 is 5.32 Å². The number of aliphatic hydroxyl groups excluding tert-OH is 1. The number of aromatic nitrogens is 2. The number of fused-ring (bicyclic) bond motifs is 1. The molecule has 4 rings (SSSR count). The fourth-order valence-electron chi connectivity index (χ4n) is 4.59. The van der Waals surface area contributed by atoms with Crippen LogP contribution in [0.15, 0.2) is 30.6 Å². The molecule has 0 saturated heterocycles. The van der Waals surface area contributed by atoms with Crippen molar-refractivity contribution in [3.05, 3.63) is 52.8 Å². The van der Waals surface area contributed by atoms with E-state index in [1.807, 2.05) is 0 Å². The van der Waals surface area contributed by atoms with Crippen molar-refractivity contribution in [1.82, 2.24) is 15.1 Å². The Morgan fingerprint density at radius 3 is 2.93 bits per heavy atom. The molecule has 0 aliphatic heterocycles. The molecule has 0 bridgehead atoms. The van der Waals surface area contributed by atoms with Crippen LogP contribution in [0.2, 0.25) is 0 Å². The fraction of sp³-hybridized carbons (Fsp3) is 0.524. The highest BCUT2D eigenvalue weighted by atomic mass is 16.4. The highest BCUT2D eigenvalue weighted by molar-refractivity contribution is 5.86. The van der Waals surface area contributed by atoms with Crippen molar-refractivity contribution >= 4 is 5.97 Å².